The van der Waals surface area contributed by atoms with Crippen molar-refractivity contribution in [2.45, 2.75) is 72.1 Å². The molecule has 1 fully saturated rings. The molecule has 32 heteroatoms. The summed E-state index contributed by atoms with van der Waals surface area (Å²) < 4.78 is 63.4. The first-order chi connectivity index (χ1) is 38.1. The quantitative estimate of drug-likeness (QED) is 0.0246. The number of nitro groups is 1. The smallest absolute Gasteiger partial charge is 0.407 e. The number of benzene rings is 4. The summed E-state index contributed by atoms with van der Waals surface area (Å²) >= 11 is 0. The Balaban J connectivity index is 1.02. The number of aliphatic hydroxyl groups excluding tert-OH is 1. The van der Waals surface area contributed by atoms with Crippen molar-refractivity contribution in [3.05, 3.63) is 148 Å². The second-order valence-corrected chi connectivity index (χ2v) is 22.3. The number of aromatic nitrogens is 2. The highest BCUT2D eigenvalue weighted by Gasteiger charge is 2.37. The van der Waals surface area contributed by atoms with E-state index in [4.69, 9.17) is 18.8 Å². The van der Waals surface area contributed by atoms with Crippen molar-refractivity contribution in [1.82, 2.24) is 20.2 Å². The lowest BCUT2D eigenvalue weighted by atomic mass is 9.88. The van der Waals surface area contributed by atoms with Gasteiger partial charge in [0.25, 0.3) is 40.6 Å². The van der Waals surface area contributed by atoms with E-state index in [1.54, 1.807) is 6.07 Å². The lowest BCUT2D eigenvalue weighted by molar-refractivity contribution is -0.386. The number of phosphoric acid groups is 3. The summed E-state index contributed by atoms with van der Waals surface area (Å²) in [7, 11) is -18.1. The van der Waals surface area contributed by atoms with Gasteiger partial charge < -0.3 is 68.9 Å². The molecule has 7 rings (SSSR count). The number of aliphatic hydroxyl groups is 1. The number of aromatic carboxylic acids is 1. The molecular formula is C49H50N7O22P3-4. The number of nitrogens with one attached hydrogen (secondary N) is 4. The van der Waals surface area contributed by atoms with Gasteiger partial charge >= 0.3 is 11.8 Å². The molecule has 2 aliphatic heterocycles. The molecule has 1 aromatic heterocycles. The topological polar surface area (TPSA) is 441 Å². The number of hydrogen-bond acceptors (Lipinski definition) is 23. The van der Waals surface area contributed by atoms with Crippen LogP contribution in [0.4, 0.5) is 16.2 Å². The van der Waals surface area contributed by atoms with Gasteiger partial charge in [-0.25, -0.2) is 18.2 Å². The zero-order valence-electron chi connectivity index (χ0n) is 43.3. The molecule has 4 aromatic rings. The standard InChI is InChI=1S/C49H54N7O22P3/c1-6-50-36-19-40-34(15-25(36)3)44(35-16-26(4)37(51-7-2)20-41(35)75-40)33-18-29(11-12-31(33)47(60)61)45(58)53-22-28-10-13-38(56(64)65)32(17-28)27(5)74-49(63)52-14-8-9-30-23-55(48(62)54-46(30)59)43-21-39(57)42(76-43)24-73-80(69,70)78-81(71,72)77-79(66,67)68/h8-13,15-20,23,27,39,42-43,50,57H,6-7,14,21-22,24H2,1-5H3,(H,52,63)(H,53,58)(H,60,61)(H,69,70)(H,71,72)(H,54,59,62)(H2,66,67,68)/p-4/b9-8+,51-37?/t27?,39?,42-,43-/m1/s1. The van der Waals surface area contributed by atoms with Gasteiger partial charge in [0.05, 0.1) is 40.1 Å². The molecule has 0 radical (unpaired) electrons. The summed E-state index contributed by atoms with van der Waals surface area (Å²) in [4.78, 5) is 126. The molecule has 5 unspecified atom stereocenters. The predicted molar refractivity (Wildman–Crippen MR) is 278 cm³/mol. The molecule has 3 heterocycles. The summed E-state index contributed by atoms with van der Waals surface area (Å²) in [5.74, 6) is -1.71. The third kappa shape index (κ3) is 15.1. The number of amides is 2. The molecule has 6 N–H and O–H groups in total. The van der Waals surface area contributed by atoms with Crippen LogP contribution in [-0.4, -0.2) is 80.9 Å². The fourth-order valence-electron chi connectivity index (χ4n) is 8.68. The number of carbonyl (C=O) groups excluding carboxylic acids is 3. The first-order valence-electron chi connectivity index (χ1n) is 24.3. The second-order valence-electron chi connectivity index (χ2n) is 18.0. The number of alkyl carbamates (subject to hydrolysis) is 1. The summed E-state index contributed by atoms with van der Waals surface area (Å²) in [6, 6.07) is 15.3. The first kappa shape index (κ1) is 61.1. The zero-order valence-corrected chi connectivity index (χ0v) is 46.0. The van der Waals surface area contributed by atoms with E-state index in [9.17, 15) is 72.7 Å². The van der Waals surface area contributed by atoms with Crippen LogP contribution in [0, 0.1) is 24.0 Å². The van der Waals surface area contributed by atoms with Crippen LogP contribution in [0.15, 0.2) is 91.9 Å². The number of rotatable bonds is 22. The molecule has 3 aliphatic rings. The number of H-pyrrole nitrogens is 1. The Morgan fingerprint density at radius 2 is 1.72 bits per heavy atom. The number of hydrogen-bond donors (Lipinski definition) is 6. The van der Waals surface area contributed by atoms with Gasteiger partial charge in [0.15, 0.2) is 0 Å². The van der Waals surface area contributed by atoms with Crippen molar-refractivity contribution in [3.8, 4) is 22.5 Å². The van der Waals surface area contributed by atoms with Gasteiger partial charge in [-0.2, -0.15) is 0 Å². The highest BCUT2D eigenvalue weighted by Crippen LogP contribution is 2.61. The molecule has 432 valence electrons. The zero-order chi connectivity index (χ0) is 59.3. The number of nitro benzene ring substituents is 1. The van der Waals surface area contributed by atoms with Crippen molar-refractivity contribution in [2.24, 2.45) is 4.99 Å². The lowest BCUT2D eigenvalue weighted by Gasteiger charge is -2.33. The Morgan fingerprint density at radius 3 is 2.40 bits per heavy atom. The van der Waals surface area contributed by atoms with Gasteiger partial charge in [-0.05, 0) is 87.2 Å². The van der Waals surface area contributed by atoms with Crippen molar-refractivity contribution in [2.75, 3.05) is 31.6 Å². The summed E-state index contributed by atoms with van der Waals surface area (Å²) in [5, 5.41) is 45.0. The maximum absolute atomic E-state index is 13.9. The van der Waals surface area contributed by atoms with Gasteiger partial charge in [-0.3, -0.25) is 47.9 Å². The van der Waals surface area contributed by atoms with Crippen LogP contribution in [-0.2, 0) is 42.9 Å². The van der Waals surface area contributed by atoms with Crippen LogP contribution in [0.1, 0.15) is 88.1 Å². The molecule has 1 saturated heterocycles. The number of carboxylic acid groups (broad SMARTS) is 1. The van der Waals surface area contributed by atoms with Gasteiger partial charge in [-0.1, -0.05) is 24.3 Å². The molecule has 0 bridgehead atoms. The van der Waals surface area contributed by atoms with Gasteiger partial charge in [0.2, 0.25) is 0 Å². The molecule has 0 saturated carbocycles. The Morgan fingerprint density at radius 1 is 0.975 bits per heavy atom. The number of carbonyl (C=O) groups is 3. The van der Waals surface area contributed by atoms with Gasteiger partial charge in [0, 0.05) is 90.3 Å². The van der Waals surface area contributed by atoms with Crippen molar-refractivity contribution >= 4 is 69.9 Å². The predicted octanol–water partition coefficient (Wildman–Crippen LogP) is 2.82. The molecule has 3 aromatic carbocycles. The van der Waals surface area contributed by atoms with Crippen LogP contribution >= 0.6 is 23.5 Å². The number of phosphoric ester groups is 1. The number of anilines is 1. The SMILES string of the molecule is CCN=c1cc2oc3cc(NCC)c(C)cc3c(-c3cc(C(=O)NCc4ccc([N+](=O)[O-])c(C(C)OC(=O)NC/C=C/c5cn([C@H]6CC(O)[C@@H](COP(=O)([O-])OP(=O)([O-])OP(=O)([O-])O)O6)c(=O)[nH]c5=O)c4)ccc3C(=O)[O-])c-2cc1C. The molecule has 81 heavy (non-hydrogen) atoms. The van der Waals surface area contributed by atoms with Crippen LogP contribution in [0.2, 0.25) is 0 Å². The van der Waals surface area contributed by atoms with Crippen LogP contribution in [0.25, 0.3) is 39.5 Å². The van der Waals surface area contributed by atoms with E-state index in [2.05, 4.69) is 34.1 Å². The van der Waals surface area contributed by atoms with E-state index in [1.165, 1.54) is 49.4 Å². The monoisotopic (exact) mass is 1180 g/mol. The average Bonchev–Trinajstić information content (AvgIpc) is 3.96. The number of aryl methyl sites for hydroxylation is 2. The van der Waals surface area contributed by atoms with Crippen molar-refractivity contribution in [1.29, 1.82) is 0 Å². The summed E-state index contributed by atoms with van der Waals surface area (Å²) in [6.07, 6.45) is -3.86. The Kier molecular flexibility index (Phi) is 19.0. The van der Waals surface area contributed by atoms with Crippen LogP contribution < -0.4 is 52.3 Å². The normalized spacial score (nSPS) is 18.2. The average molecular weight is 1180 g/mol. The third-order valence-corrected chi connectivity index (χ3v) is 16.0. The van der Waals surface area contributed by atoms with E-state index in [0.29, 0.717) is 51.9 Å². The van der Waals surface area contributed by atoms with E-state index in [0.717, 1.165) is 33.7 Å². The minimum atomic E-state index is -6.21. The molecule has 7 atom stereocenters. The van der Waals surface area contributed by atoms with E-state index < -0.39 is 101 Å². The molecule has 29 nitrogen and oxygen atoms in total. The van der Waals surface area contributed by atoms with E-state index in [1.807, 2.05) is 50.9 Å². The maximum Gasteiger partial charge on any atom is 0.407 e. The van der Waals surface area contributed by atoms with Crippen molar-refractivity contribution in [3.63, 3.8) is 0 Å². The van der Waals surface area contributed by atoms with Crippen LogP contribution in [0.3, 0.4) is 0 Å². The largest absolute Gasteiger partial charge is 0.756 e. The van der Waals surface area contributed by atoms with E-state index in [-0.39, 0.29) is 40.9 Å². The van der Waals surface area contributed by atoms with Crippen molar-refractivity contribution < 1.29 is 89.8 Å². The second kappa shape index (κ2) is 25.1. The minimum absolute atomic E-state index is 0.0555. The van der Waals surface area contributed by atoms with Gasteiger partial charge in [-0.15, -0.1) is 0 Å². The highest BCUT2D eigenvalue weighted by molar-refractivity contribution is 7.65. The first-order valence-corrected chi connectivity index (χ1v) is 28.7. The lowest BCUT2D eigenvalue weighted by Crippen LogP contribution is -2.33. The molecule has 2 amide bonds. The summed E-state index contributed by atoms with van der Waals surface area (Å²) in [6.45, 7) is 8.44. The Hall–Kier alpha value is -7.49. The van der Waals surface area contributed by atoms with Gasteiger partial charge in [0.1, 0.15) is 29.8 Å². The maximum atomic E-state index is 13.9. The number of fused-ring (bicyclic) bond motifs is 2. The Bertz CT molecular complexity index is 3800. The molecule has 0 spiro atoms. The van der Waals surface area contributed by atoms with Crippen LogP contribution in [0.5, 0.6) is 0 Å². The number of aromatic amines is 1. The fourth-order valence-corrected chi connectivity index (χ4v) is 11.6. The molecule has 1 aliphatic carbocycles. The molecular weight excluding hydrogens is 1130 g/mol. The summed E-state index contributed by atoms with van der Waals surface area (Å²) in [5.41, 5.74) is 1.65. The third-order valence-electron chi connectivity index (χ3n) is 12.3. The number of ether oxygens (including phenoxy) is 2. The van der Waals surface area contributed by atoms with E-state index >= 15 is 0 Å². The number of nitrogens with zero attached hydrogens (tertiary/aromatic N) is 3. The minimum Gasteiger partial charge on any atom is -0.756 e. The number of carboxylic acids is 1. The highest BCUT2D eigenvalue weighted by atomic mass is 31.3. The fraction of sp³-hybridized carbons (Fsp3) is 0.306. The Labute approximate surface area is 457 Å².